The summed E-state index contributed by atoms with van der Waals surface area (Å²) in [5.41, 5.74) is 6.98. The Bertz CT molecular complexity index is 179. The van der Waals surface area contributed by atoms with Gasteiger partial charge in [-0.2, -0.15) is 5.10 Å². The molecule has 0 aromatic rings. The van der Waals surface area contributed by atoms with Crippen molar-refractivity contribution in [2.75, 3.05) is 0 Å². The van der Waals surface area contributed by atoms with E-state index in [1.54, 1.807) is 6.21 Å². The number of nitrogens with one attached hydrogen (secondary N) is 1. The highest BCUT2D eigenvalue weighted by molar-refractivity contribution is 5.73. The standard InChI is InChI=1S/C7H13N3O/c1-5-2-3-6(5)4-9-10-7(8)11/h4-6H,2-3H2,1H3,(H3,8,10,11)/b9-4+. The second-order valence-electron chi connectivity index (χ2n) is 2.97. The summed E-state index contributed by atoms with van der Waals surface area (Å²) in [6.45, 7) is 2.17. The lowest BCUT2D eigenvalue weighted by molar-refractivity contribution is 0.248. The van der Waals surface area contributed by atoms with Crippen molar-refractivity contribution >= 4 is 12.2 Å². The Hall–Kier alpha value is -1.06. The molecule has 2 atom stereocenters. The molecule has 1 aliphatic carbocycles. The summed E-state index contributed by atoms with van der Waals surface area (Å²) in [6.07, 6.45) is 4.19. The van der Waals surface area contributed by atoms with E-state index in [1.165, 1.54) is 12.8 Å². The molecule has 1 rings (SSSR count). The van der Waals surface area contributed by atoms with Gasteiger partial charge < -0.3 is 5.73 Å². The number of hydrogen-bond acceptors (Lipinski definition) is 2. The van der Waals surface area contributed by atoms with Crippen LogP contribution in [0.25, 0.3) is 0 Å². The average molecular weight is 155 g/mol. The molecule has 4 heteroatoms. The lowest BCUT2D eigenvalue weighted by Crippen LogP contribution is -2.28. The fourth-order valence-electron chi connectivity index (χ4n) is 1.11. The lowest BCUT2D eigenvalue weighted by atomic mass is 9.76. The number of hydrazone groups is 1. The van der Waals surface area contributed by atoms with E-state index in [9.17, 15) is 4.79 Å². The van der Waals surface area contributed by atoms with Crippen molar-refractivity contribution in [1.29, 1.82) is 0 Å². The molecule has 0 aromatic heterocycles. The number of nitrogens with two attached hydrogens (primary N) is 1. The SMILES string of the molecule is CC1CCC1/C=N/NC(N)=O. The van der Waals surface area contributed by atoms with Gasteiger partial charge in [-0.15, -0.1) is 0 Å². The van der Waals surface area contributed by atoms with Crippen molar-refractivity contribution in [3.8, 4) is 0 Å². The Labute approximate surface area is 65.8 Å². The monoisotopic (exact) mass is 155 g/mol. The van der Waals surface area contributed by atoms with Crippen molar-refractivity contribution in [1.82, 2.24) is 5.43 Å². The van der Waals surface area contributed by atoms with Crippen LogP contribution in [-0.4, -0.2) is 12.2 Å². The first-order chi connectivity index (χ1) is 5.20. The van der Waals surface area contributed by atoms with Gasteiger partial charge in [-0.05, 0) is 24.7 Å². The first-order valence-corrected chi connectivity index (χ1v) is 3.79. The maximum Gasteiger partial charge on any atom is 0.332 e. The maximum atomic E-state index is 10.2. The minimum Gasteiger partial charge on any atom is -0.350 e. The third-order valence-corrected chi connectivity index (χ3v) is 2.13. The van der Waals surface area contributed by atoms with Crippen LogP contribution < -0.4 is 11.2 Å². The van der Waals surface area contributed by atoms with E-state index in [2.05, 4.69) is 17.5 Å². The van der Waals surface area contributed by atoms with Crippen LogP contribution >= 0.6 is 0 Å². The van der Waals surface area contributed by atoms with Gasteiger partial charge >= 0.3 is 6.03 Å². The number of carbonyl (C=O) groups is 1. The van der Waals surface area contributed by atoms with Gasteiger partial charge in [-0.25, -0.2) is 10.2 Å². The molecule has 0 saturated heterocycles. The molecule has 0 aliphatic heterocycles. The van der Waals surface area contributed by atoms with E-state index in [-0.39, 0.29) is 0 Å². The van der Waals surface area contributed by atoms with Gasteiger partial charge in [0.15, 0.2) is 0 Å². The molecule has 1 saturated carbocycles. The molecule has 0 bridgehead atoms. The minimum absolute atomic E-state index is 0.529. The van der Waals surface area contributed by atoms with Gasteiger partial charge in [0.2, 0.25) is 0 Å². The van der Waals surface area contributed by atoms with Crippen molar-refractivity contribution in [2.24, 2.45) is 22.7 Å². The first-order valence-electron chi connectivity index (χ1n) is 3.79. The van der Waals surface area contributed by atoms with Crippen LogP contribution in [0, 0.1) is 11.8 Å². The van der Waals surface area contributed by atoms with Crippen LogP contribution in [0.15, 0.2) is 5.10 Å². The Balaban J connectivity index is 2.19. The Kier molecular flexibility index (Phi) is 2.46. The number of hydrogen-bond donors (Lipinski definition) is 2. The zero-order chi connectivity index (χ0) is 8.27. The van der Waals surface area contributed by atoms with Gasteiger partial charge in [0.05, 0.1) is 0 Å². The molecule has 1 aliphatic rings. The highest BCUT2D eigenvalue weighted by Gasteiger charge is 2.24. The summed E-state index contributed by atoms with van der Waals surface area (Å²) in [5.74, 6) is 1.23. The van der Waals surface area contributed by atoms with Crippen molar-refractivity contribution in [2.45, 2.75) is 19.8 Å². The summed E-state index contributed by atoms with van der Waals surface area (Å²) in [6, 6.07) is -0.603. The van der Waals surface area contributed by atoms with Crippen LogP contribution in [-0.2, 0) is 0 Å². The van der Waals surface area contributed by atoms with Gasteiger partial charge in [-0.1, -0.05) is 6.92 Å². The molecular weight excluding hydrogens is 142 g/mol. The smallest absolute Gasteiger partial charge is 0.332 e. The number of urea groups is 1. The van der Waals surface area contributed by atoms with E-state index in [1.807, 2.05) is 0 Å². The average Bonchev–Trinajstić information content (AvgIpc) is 1.94. The molecule has 0 heterocycles. The topological polar surface area (TPSA) is 67.5 Å². The number of primary amides is 1. The van der Waals surface area contributed by atoms with Crippen LogP contribution in [0.3, 0.4) is 0 Å². The van der Waals surface area contributed by atoms with Crippen molar-refractivity contribution < 1.29 is 4.79 Å². The van der Waals surface area contributed by atoms with Gasteiger partial charge in [0, 0.05) is 6.21 Å². The number of amides is 2. The van der Waals surface area contributed by atoms with Crippen molar-refractivity contribution in [3.05, 3.63) is 0 Å². The summed E-state index contributed by atoms with van der Waals surface area (Å²) in [7, 11) is 0. The van der Waals surface area contributed by atoms with E-state index in [0.717, 1.165) is 0 Å². The molecule has 0 spiro atoms. The Morgan fingerprint density at radius 1 is 1.73 bits per heavy atom. The van der Waals surface area contributed by atoms with E-state index in [0.29, 0.717) is 11.8 Å². The van der Waals surface area contributed by atoms with Gasteiger partial charge in [0.1, 0.15) is 0 Å². The first kappa shape index (κ1) is 8.04. The van der Waals surface area contributed by atoms with E-state index < -0.39 is 6.03 Å². The highest BCUT2D eigenvalue weighted by atomic mass is 16.2. The summed E-state index contributed by atoms with van der Waals surface area (Å²) < 4.78 is 0. The predicted octanol–water partition coefficient (Wildman–Crippen LogP) is 0.687. The third kappa shape index (κ3) is 2.22. The van der Waals surface area contributed by atoms with Crippen LogP contribution in [0.5, 0.6) is 0 Å². The normalized spacial score (nSPS) is 29.9. The van der Waals surface area contributed by atoms with Crippen LogP contribution in [0.1, 0.15) is 19.8 Å². The Morgan fingerprint density at radius 2 is 2.45 bits per heavy atom. The summed E-state index contributed by atoms with van der Waals surface area (Å²) >= 11 is 0. The molecule has 2 unspecified atom stereocenters. The molecule has 0 radical (unpaired) electrons. The zero-order valence-electron chi connectivity index (χ0n) is 6.58. The molecular formula is C7H13N3O. The van der Waals surface area contributed by atoms with Crippen LogP contribution in [0.4, 0.5) is 4.79 Å². The number of carbonyl (C=O) groups excluding carboxylic acids is 1. The quantitative estimate of drug-likeness (QED) is 0.447. The largest absolute Gasteiger partial charge is 0.350 e. The molecule has 1 fully saturated rings. The second kappa shape index (κ2) is 3.37. The molecule has 3 N–H and O–H groups in total. The lowest BCUT2D eigenvalue weighted by Gasteiger charge is -2.29. The number of rotatable bonds is 2. The molecule has 4 nitrogen and oxygen atoms in total. The maximum absolute atomic E-state index is 10.2. The Morgan fingerprint density at radius 3 is 2.82 bits per heavy atom. The third-order valence-electron chi connectivity index (χ3n) is 2.13. The zero-order valence-corrected chi connectivity index (χ0v) is 6.58. The van der Waals surface area contributed by atoms with Gasteiger partial charge in [-0.3, -0.25) is 0 Å². The molecule has 2 amide bonds. The summed E-state index contributed by atoms with van der Waals surface area (Å²) in [5, 5.41) is 3.69. The predicted molar refractivity (Wildman–Crippen MR) is 43.1 cm³/mol. The van der Waals surface area contributed by atoms with Crippen LogP contribution in [0.2, 0.25) is 0 Å². The van der Waals surface area contributed by atoms with E-state index in [4.69, 9.17) is 5.73 Å². The summed E-state index contributed by atoms with van der Waals surface area (Å²) in [4.78, 5) is 10.2. The fraction of sp³-hybridized carbons (Fsp3) is 0.714. The molecule has 62 valence electrons. The highest BCUT2D eigenvalue weighted by Crippen LogP contribution is 2.31. The minimum atomic E-state index is -0.603. The number of nitrogens with zero attached hydrogens (tertiary/aromatic N) is 1. The molecule has 11 heavy (non-hydrogen) atoms. The van der Waals surface area contributed by atoms with Gasteiger partial charge in [0.25, 0.3) is 0 Å². The molecule has 0 aromatic carbocycles. The fourth-order valence-corrected chi connectivity index (χ4v) is 1.11. The second-order valence-corrected chi connectivity index (χ2v) is 2.97. The van der Waals surface area contributed by atoms with E-state index >= 15 is 0 Å². The van der Waals surface area contributed by atoms with Crippen molar-refractivity contribution in [3.63, 3.8) is 0 Å².